The van der Waals surface area contributed by atoms with Gasteiger partial charge in [-0.05, 0) is 18.1 Å². The maximum Gasteiger partial charge on any atom is 0.163 e. The summed E-state index contributed by atoms with van der Waals surface area (Å²) in [5.74, 6) is 0. The lowest BCUT2D eigenvalue weighted by molar-refractivity contribution is 0.600. The molecule has 0 saturated heterocycles. The minimum Gasteiger partial charge on any atom is -0.612 e. The van der Waals surface area contributed by atoms with Gasteiger partial charge in [-0.25, -0.2) is 0 Å². The molecule has 1 aromatic rings. The molecular weight excluding hydrogens is 146 g/mol. The summed E-state index contributed by atoms with van der Waals surface area (Å²) in [5.41, 5.74) is 0.879. The fourth-order valence-corrected chi connectivity index (χ4v) is 1.19. The van der Waals surface area contributed by atoms with Crippen molar-refractivity contribution in [1.29, 1.82) is 0 Å². The molecule has 0 amide bonds. The van der Waals surface area contributed by atoms with Crippen LogP contribution in [-0.2, 0) is 11.2 Å². The van der Waals surface area contributed by atoms with Gasteiger partial charge in [-0.3, -0.25) is 4.98 Å². The van der Waals surface area contributed by atoms with Gasteiger partial charge in [-0.2, -0.15) is 0 Å². The Morgan fingerprint density at radius 2 is 2.40 bits per heavy atom. The molecule has 1 unspecified atom stereocenters. The SMILES string of the molecule is Cc1cc([S+](C)[O-])[c]cn1. The number of pyridine rings is 1. The van der Waals surface area contributed by atoms with Gasteiger partial charge in [0.25, 0.3) is 0 Å². The molecule has 1 rings (SSSR count). The summed E-state index contributed by atoms with van der Waals surface area (Å²) in [6, 6.07) is 4.57. The van der Waals surface area contributed by atoms with Gasteiger partial charge in [-0.15, -0.1) is 0 Å². The summed E-state index contributed by atoms with van der Waals surface area (Å²) in [6.07, 6.45) is 3.18. The van der Waals surface area contributed by atoms with E-state index in [4.69, 9.17) is 0 Å². The van der Waals surface area contributed by atoms with E-state index in [0.29, 0.717) is 4.90 Å². The van der Waals surface area contributed by atoms with Gasteiger partial charge in [0.05, 0.1) is 6.07 Å². The van der Waals surface area contributed by atoms with E-state index in [1.807, 2.05) is 6.92 Å². The standard InChI is InChI=1S/C7H8NOS/c1-6-5-7(10(2)9)3-4-8-6/h4-5H,1-2H3. The average Bonchev–Trinajstić information content (AvgIpc) is 1.88. The Morgan fingerprint density at radius 1 is 1.70 bits per heavy atom. The highest BCUT2D eigenvalue weighted by atomic mass is 32.2. The first kappa shape index (κ1) is 7.57. The molecule has 53 valence electrons. The monoisotopic (exact) mass is 154 g/mol. The first-order valence-electron chi connectivity index (χ1n) is 2.88. The van der Waals surface area contributed by atoms with E-state index in [2.05, 4.69) is 11.1 Å². The molecule has 0 aliphatic heterocycles. The molecule has 1 atom stereocenters. The lowest BCUT2D eigenvalue weighted by Gasteiger charge is -2.02. The van der Waals surface area contributed by atoms with Crippen molar-refractivity contribution in [2.24, 2.45) is 0 Å². The smallest absolute Gasteiger partial charge is 0.163 e. The van der Waals surface area contributed by atoms with Crippen LogP contribution in [0.15, 0.2) is 17.2 Å². The summed E-state index contributed by atoms with van der Waals surface area (Å²) >= 11 is -0.935. The molecule has 1 heterocycles. The molecule has 0 N–H and O–H groups in total. The molecule has 0 aliphatic carbocycles. The highest BCUT2D eigenvalue weighted by Gasteiger charge is 2.02. The van der Waals surface area contributed by atoms with Crippen molar-refractivity contribution >= 4 is 11.2 Å². The summed E-state index contributed by atoms with van der Waals surface area (Å²) in [6.45, 7) is 1.87. The van der Waals surface area contributed by atoms with Gasteiger partial charge in [-0.1, -0.05) is 0 Å². The van der Waals surface area contributed by atoms with Crippen LogP contribution < -0.4 is 0 Å². The van der Waals surface area contributed by atoms with Crippen LogP contribution in [0.2, 0.25) is 0 Å². The lowest BCUT2D eigenvalue weighted by atomic mass is 10.4. The molecule has 0 aliphatic rings. The summed E-state index contributed by atoms with van der Waals surface area (Å²) in [4.78, 5) is 4.65. The minimum atomic E-state index is -0.935. The van der Waals surface area contributed by atoms with E-state index in [9.17, 15) is 4.55 Å². The predicted octanol–water partition coefficient (Wildman–Crippen LogP) is 0.928. The molecule has 10 heavy (non-hydrogen) atoms. The van der Waals surface area contributed by atoms with Gasteiger partial charge in [0.2, 0.25) is 0 Å². The Labute approximate surface area is 63.5 Å². The van der Waals surface area contributed by atoms with E-state index in [-0.39, 0.29) is 0 Å². The van der Waals surface area contributed by atoms with Crippen molar-refractivity contribution in [3.8, 4) is 0 Å². The highest BCUT2D eigenvalue weighted by molar-refractivity contribution is 7.90. The third-order valence-corrected chi connectivity index (χ3v) is 1.98. The molecule has 2 nitrogen and oxygen atoms in total. The maximum absolute atomic E-state index is 10.8. The predicted molar refractivity (Wildman–Crippen MR) is 40.1 cm³/mol. The number of rotatable bonds is 1. The molecule has 0 fully saturated rings. The van der Waals surface area contributed by atoms with Crippen LogP contribution in [0.4, 0.5) is 0 Å². The van der Waals surface area contributed by atoms with Crippen molar-refractivity contribution in [3.63, 3.8) is 0 Å². The summed E-state index contributed by atoms with van der Waals surface area (Å²) < 4.78 is 10.8. The van der Waals surface area contributed by atoms with E-state index in [1.165, 1.54) is 0 Å². The normalized spacial score (nSPS) is 13.1. The van der Waals surface area contributed by atoms with Gasteiger partial charge >= 0.3 is 0 Å². The van der Waals surface area contributed by atoms with Gasteiger partial charge < -0.3 is 4.55 Å². The molecule has 0 aromatic carbocycles. The molecular formula is C7H8NOS. The van der Waals surface area contributed by atoms with Crippen LogP contribution in [-0.4, -0.2) is 15.8 Å². The zero-order chi connectivity index (χ0) is 7.56. The van der Waals surface area contributed by atoms with Crippen LogP contribution >= 0.6 is 0 Å². The lowest BCUT2D eigenvalue weighted by Crippen LogP contribution is -1.98. The van der Waals surface area contributed by atoms with Crippen LogP contribution in [0.3, 0.4) is 0 Å². The third-order valence-electron chi connectivity index (χ3n) is 1.12. The number of aryl methyl sites for hydroxylation is 1. The molecule has 1 radical (unpaired) electrons. The Balaban J connectivity index is 2.96. The Hall–Kier alpha value is -0.540. The van der Waals surface area contributed by atoms with Gasteiger partial charge in [0.15, 0.2) is 4.90 Å². The van der Waals surface area contributed by atoms with Crippen molar-refractivity contribution in [3.05, 3.63) is 24.0 Å². The minimum absolute atomic E-state index is 0.715. The first-order valence-corrected chi connectivity index (χ1v) is 4.43. The second-order valence-corrected chi connectivity index (χ2v) is 3.35. The zero-order valence-electron chi connectivity index (χ0n) is 5.92. The van der Waals surface area contributed by atoms with E-state index in [1.54, 1.807) is 18.5 Å². The third kappa shape index (κ3) is 1.72. The molecule has 1 aromatic heterocycles. The van der Waals surface area contributed by atoms with Gasteiger partial charge in [0, 0.05) is 18.0 Å². The van der Waals surface area contributed by atoms with Crippen molar-refractivity contribution in [1.82, 2.24) is 4.98 Å². The molecule has 0 spiro atoms. The fourth-order valence-electron chi connectivity index (χ4n) is 0.632. The Bertz CT molecular complexity index is 225. The van der Waals surface area contributed by atoms with E-state index in [0.717, 1.165) is 5.69 Å². The molecule has 0 bridgehead atoms. The van der Waals surface area contributed by atoms with Gasteiger partial charge in [0.1, 0.15) is 6.26 Å². The second-order valence-electron chi connectivity index (χ2n) is 2.01. The topological polar surface area (TPSA) is 36.0 Å². The highest BCUT2D eigenvalue weighted by Crippen LogP contribution is 2.06. The first-order chi connectivity index (χ1) is 4.70. The van der Waals surface area contributed by atoms with Crippen molar-refractivity contribution in [2.45, 2.75) is 11.8 Å². The number of hydrogen-bond donors (Lipinski definition) is 0. The van der Waals surface area contributed by atoms with Crippen molar-refractivity contribution in [2.75, 3.05) is 6.26 Å². The number of aromatic nitrogens is 1. The summed E-state index contributed by atoms with van der Waals surface area (Å²) in [5, 5.41) is 0. The van der Waals surface area contributed by atoms with E-state index >= 15 is 0 Å². The molecule has 0 saturated carbocycles. The Morgan fingerprint density at radius 3 is 2.80 bits per heavy atom. The van der Waals surface area contributed by atoms with Crippen LogP contribution in [0.1, 0.15) is 5.69 Å². The zero-order valence-corrected chi connectivity index (χ0v) is 6.73. The maximum atomic E-state index is 10.8. The quantitative estimate of drug-likeness (QED) is 0.564. The summed E-state index contributed by atoms with van der Waals surface area (Å²) in [7, 11) is 0. The second kappa shape index (κ2) is 3.03. The van der Waals surface area contributed by atoms with Crippen LogP contribution in [0, 0.1) is 13.0 Å². The largest absolute Gasteiger partial charge is 0.612 e. The fraction of sp³-hybridized carbons (Fsp3) is 0.286. The van der Waals surface area contributed by atoms with Crippen LogP contribution in [0.5, 0.6) is 0 Å². The number of hydrogen-bond acceptors (Lipinski definition) is 2. The van der Waals surface area contributed by atoms with Crippen molar-refractivity contribution < 1.29 is 4.55 Å². The Kier molecular flexibility index (Phi) is 2.29. The molecule has 3 heteroatoms. The average molecular weight is 154 g/mol. The number of nitrogens with zero attached hydrogens (tertiary/aromatic N) is 1. The van der Waals surface area contributed by atoms with E-state index < -0.39 is 11.2 Å². The van der Waals surface area contributed by atoms with Crippen LogP contribution in [0.25, 0.3) is 0 Å².